The second-order valence-corrected chi connectivity index (χ2v) is 3.35. The molecule has 0 bridgehead atoms. The number of ether oxygens (including phenoxy) is 1. The smallest absolute Gasteiger partial charge is 0.322 e. The molecule has 1 aromatic rings. The summed E-state index contributed by atoms with van der Waals surface area (Å²) in [5.74, 6) is 1.53. The second-order valence-electron chi connectivity index (χ2n) is 3.35. The molecule has 0 fully saturated rings. The number of furan rings is 1. The maximum atomic E-state index is 11.1. The Morgan fingerprint density at radius 2 is 2.20 bits per heavy atom. The van der Waals surface area contributed by atoms with Crippen molar-refractivity contribution in [1.82, 2.24) is 5.32 Å². The largest absolute Gasteiger partial charge is 0.468 e. The number of aryl methyl sites for hydroxylation is 1. The highest BCUT2D eigenvalue weighted by Gasteiger charge is 2.12. The molecule has 0 amide bonds. The molecule has 1 N–H and O–H groups in total. The van der Waals surface area contributed by atoms with Crippen molar-refractivity contribution in [3.63, 3.8) is 0 Å². The monoisotopic (exact) mass is 211 g/mol. The van der Waals surface area contributed by atoms with E-state index in [9.17, 15) is 4.79 Å². The molecule has 1 rings (SSSR count). The molecule has 1 aromatic heterocycles. The van der Waals surface area contributed by atoms with Crippen molar-refractivity contribution in [2.24, 2.45) is 0 Å². The van der Waals surface area contributed by atoms with Gasteiger partial charge in [0.15, 0.2) is 0 Å². The summed E-state index contributed by atoms with van der Waals surface area (Å²) in [7, 11) is 1.38. The lowest BCUT2D eigenvalue weighted by Gasteiger charge is -2.09. The van der Waals surface area contributed by atoms with Gasteiger partial charge in [-0.1, -0.05) is 6.92 Å². The van der Waals surface area contributed by atoms with Crippen molar-refractivity contribution in [1.29, 1.82) is 0 Å². The molecule has 15 heavy (non-hydrogen) atoms. The van der Waals surface area contributed by atoms with Crippen molar-refractivity contribution >= 4 is 5.97 Å². The third-order valence-electron chi connectivity index (χ3n) is 2.20. The van der Waals surface area contributed by atoms with E-state index in [4.69, 9.17) is 4.42 Å². The highest BCUT2D eigenvalue weighted by Crippen LogP contribution is 2.08. The number of carbonyl (C=O) groups is 1. The summed E-state index contributed by atoms with van der Waals surface area (Å²) in [6.07, 6.45) is 0.882. The first kappa shape index (κ1) is 11.8. The van der Waals surface area contributed by atoms with Gasteiger partial charge in [-0.2, -0.15) is 0 Å². The number of esters is 1. The van der Waals surface area contributed by atoms with E-state index in [1.165, 1.54) is 7.11 Å². The Kier molecular flexibility index (Phi) is 4.37. The maximum Gasteiger partial charge on any atom is 0.322 e. The molecule has 1 atom stereocenters. The number of carbonyl (C=O) groups excluding carboxylic acids is 1. The molecule has 4 heteroatoms. The highest BCUT2D eigenvalue weighted by atomic mass is 16.5. The van der Waals surface area contributed by atoms with Gasteiger partial charge in [0.2, 0.25) is 0 Å². The lowest BCUT2D eigenvalue weighted by Crippen LogP contribution is -2.34. The minimum absolute atomic E-state index is 0.266. The molecule has 0 radical (unpaired) electrons. The van der Waals surface area contributed by atoms with E-state index < -0.39 is 0 Å². The molecule has 4 nitrogen and oxygen atoms in total. The van der Waals surface area contributed by atoms with Gasteiger partial charge >= 0.3 is 5.97 Å². The second kappa shape index (κ2) is 5.56. The van der Waals surface area contributed by atoms with Crippen LogP contribution in [0.4, 0.5) is 0 Å². The fraction of sp³-hybridized carbons (Fsp3) is 0.545. The van der Waals surface area contributed by atoms with Crippen LogP contribution in [0.25, 0.3) is 0 Å². The summed E-state index contributed by atoms with van der Waals surface area (Å²) >= 11 is 0. The number of rotatable bonds is 5. The molecule has 0 spiro atoms. The SMILES string of the molecule is CCc1ccc(CNC(C)C(=O)OC)o1. The van der Waals surface area contributed by atoms with Gasteiger partial charge in [0.1, 0.15) is 17.6 Å². The minimum Gasteiger partial charge on any atom is -0.468 e. The maximum absolute atomic E-state index is 11.1. The zero-order valence-corrected chi connectivity index (χ0v) is 9.37. The fourth-order valence-corrected chi connectivity index (χ4v) is 1.22. The van der Waals surface area contributed by atoms with Crippen LogP contribution in [0.2, 0.25) is 0 Å². The van der Waals surface area contributed by atoms with Crippen LogP contribution in [0.15, 0.2) is 16.5 Å². The normalized spacial score (nSPS) is 12.5. The van der Waals surface area contributed by atoms with Crippen molar-refractivity contribution in [3.8, 4) is 0 Å². The van der Waals surface area contributed by atoms with Crippen LogP contribution in [-0.4, -0.2) is 19.1 Å². The third kappa shape index (κ3) is 3.40. The number of nitrogens with one attached hydrogen (secondary N) is 1. The summed E-state index contributed by atoms with van der Waals surface area (Å²) < 4.78 is 10.1. The van der Waals surface area contributed by atoms with E-state index in [1.807, 2.05) is 19.1 Å². The molecule has 0 aliphatic rings. The van der Waals surface area contributed by atoms with E-state index in [0.717, 1.165) is 17.9 Å². The average molecular weight is 211 g/mol. The van der Waals surface area contributed by atoms with Crippen molar-refractivity contribution in [3.05, 3.63) is 23.7 Å². The molecule has 0 saturated heterocycles. The van der Waals surface area contributed by atoms with E-state index in [0.29, 0.717) is 6.54 Å². The molecule has 0 saturated carbocycles. The Hall–Kier alpha value is -1.29. The molecule has 0 aromatic carbocycles. The summed E-state index contributed by atoms with van der Waals surface area (Å²) in [4.78, 5) is 11.1. The standard InChI is InChI=1S/C11H17NO3/c1-4-9-5-6-10(15-9)7-12-8(2)11(13)14-3/h5-6,8,12H,4,7H2,1-3H3. The summed E-state index contributed by atoms with van der Waals surface area (Å²) in [5, 5.41) is 3.02. The van der Waals surface area contributed by atoms with Crippen molar-refractivity contribution in [2.45, 2.75) is 32.9 Å². The first-order valence-corrected chi connectivity index (χ1v) is 5.06. The van der Waals surface area contributed by atoms with Gasteiger partial charge in [-0.05, 0) is 19.1 Å². The Morgan fingerprint density at radius 3 is 2.73 bits per heavy atom. The molecular formula is C11H17NO3. The van der Waals surface area contributed by atoms with Crippen LogP contribution < -0.4 is 5.32 Å². The zero-order valence-electron chi connectivity index (χ0n) is 9.37. The Bertz CT molecular complexity index is 319. The minimum atomic E-state index is -0.315. The molecule has 0 aliphatic carbocycles. The van der Waals surface area contributed by atoms with Gasteiger partial charge in [0.25, 0.3) is 0 Å². The van der Waals surface area contributed by atoms with Gasteiger partial charge in [-0.3, -0.25) is 10.1 Å². The van der Waals surface area contributed by atoms with E-state index in [2.05, 4.69) is 10.1 Å². The first-order chi connectivity index (χ1) is 7.17. The first-order valence-electron chi connectivity index (χ1n) is 5.06. The van der Waals surface area contributed by atoms with Crippen LogP contribution in [0.1, 0.15) is 25.4 Å². The zero-order chi connectivity index (χ0) is 11.3. The number of hydrogen-bond donors (Lipinski definition) is 1. The lowest BCUT2D eigenvalue weighted by molar-refractivity contribution is -0.142. The van der Waals surface area contributed by atoms with E-state index >= 15 is 0 Å². The van der Waals surface area contributed by atoms with Crippen molar-refractivity contribution in [2.75, 3.05) is 7.11 Å². The highest BCUT2D eigenvalue weighted by molar-refractivity contribution is 5.74. The van der Waals surface area contributed by atoms with Gasteiger partial charge < -0.3 is 9.15 Å². The van der Waals surface area contributed by atoms with Crippen LogP contribution in [0.3, 0.4) is 0 Å². The van der Waals surface area contributed by atoms with Gasteiger partial charge in [0.05, 0.1) is 13.7 Å². The molecule has 0 aliphatic heterocycles. The Labute approximate surface area is 89.6 Å². The van der Waals surface area contributed by atoms with Gasteiger partial charge in [-0.25, -0.2) is 0 Å². The quantitative estimate of drug-likeness (QED) is 0.750. The summed E-state index contributed by atoms with van der Waals surface area (Å²) in [5.41, 5.74) is 0. The Balaban J connectivity index is 2.39. The van der Waals surface area contributed by atoms with Crippen LogP contribution in [-0.2, 0) is 22.5 Å². The molecule has 1 unspecified atom stereocenters. The van der Waals surface area contributed by atoms with Crippen LogP contribution in [0, 0.1) is 0 Å². The lowest BCUT2D eigenvalue weighted by atomic mass is 10.3. The van der Waals surface area contributed by atoms with Gasteiger partial charge in [-0.15, -0.1) is 0 Å². The van der Waals surface area contributed by atoms with E-state index in [-0.39, 0.29) is 12.0 Å². The Morgan fingerprint density at radius 1 is 1.53 bits per heavy atom. The van der Waals surface area contributed by atoms with Crippen LogP contribution >= 0.6 is 0 Å². The third-order valence-corrected chi connectivity index (χ3v) is 2.20. The summed E-state index contributed by atoms with van der Waals surface area (Å²) in [6, 6.07) is 3.54. The van der Waals surface area contributed by atoms with Crippen molar-refractivity contribution < 1.29 is 13.9 Å². The number of hydrogen-bond acceptors (Lipinski definition) is 4. The molecule has 1 heterocycles. The predicted octanol–water partition coefficient (Wildman–Crippen LogP) is 1.49. The summed E-state index contributed by atoms with van der Waals surface area (Å²) in [6.45, 7) is 4.33. The van der Waals surface area contributed by atoms with E-state index in [1.54, 1.807) is 6.92 Å². The van der Waals surface area contributed by atoms with Gasteiger partial charge in [0, 0.05) is 6.42 Å². The average Bonchev–Trinajstić information content (AvgIpc) is 2.72. The topological polar surface area (TPSA) is 51.5 Å². The fourth-order valence-electron chi connectivity index (χ4n) is 1.22. The van der Waals surface area contributed by atoms with Crippen LogP contribution in [0.5, 0.6) is 0 Å². The predicted molar refractivity (Wildman–Crippen MR) is 56.4 cm³/mol. The molecular weight excluding hydrogens is 194 g/mol. The molecule has 84 valence electrons. The number of methoxy groups -OCH3 is 1.